The zero-order valence-electron chi connectivity index (χ0n) is 12.5. The smallest absolute Gasteiger partial charge is 0.124 e. The molecule has 0 aliphatic rings. The van der Waals surface area contributed by atoms with Crippen LogP contribution in [0.5, 0.6) is 0 Å². The van der Waals surface area contributed by atoms with Crippen LogP contribution in [0.15, 0.2) is 60.7 Å². The van der Waals surface area contributed by atoms with E-state index >= 15 is 0 Å². The van der Waals surface area contributed by atoms with Crippen LogP contribution in [0, 0.1) is 0 Å². The summed E-state index contributed by atoms with van der Waals surface area (Å²) in [6.07, 6.45) is 0.857. The fraction of sp³-hybridized carbons (Fsp3) is 0.167. The van der Waals surface area contributed by atoms with Crippen LogP contribution in [-0.4, -0.2) is 9.97 Å². The molecule has 0 saturated heterocycles. The average Bonchev–Trinajstić information content (AvgIpc) is 3.01. The quantitative estimate of drug-likeness (QED) is 0.741. The Hall–Kier alpha value is -2.10. The van der Waals surface area contributed by atoms with Crippen LogP contribution in [0.3, 0.4) is 0 Å². The summed E-state index contributed by atoms with van der Waals surface area (Å²) < 4.78 is 0. The lowest BCUT2D eigenvalue weighted by Gasteiger charge is -2.03. The average molecular weight is 314 g/mol. The number of aromatic amines is 1. The highest BCUT2D eigenvalue weighted by atomic mass is 35.5. The minimum atomic E-state index is -0.0649. The van der Waals surface area contributed by atoms with Gasteiger partial charge in [0.05, 0.1) is 17.4 Å². The van der Waals surface area contributed by atoms with E-state index in [0.29, 0.717) is 0 Å². The minimum Gasteiger partial charge on any atom is -0.340 e. The van der Waals surface area contributed by atoms with Gasteiger partial charge in [-0.1, -0.05) is 67.6 Å². The SMILES string of the molecule is CC[C@H](N)c1nc(-c2ccccc2)c(-c2ccccc2)[nH]1.Cl. The van der Waals surface area contributed by atoms with Crippen LogP contribution >= 0.6 is 12.4 Å². The molecule has 1 atom stereocenters. The van der Waals surface area contributed by atoms with Crippen molar-refractivity contribution in [1.82, 2.24) is 9.97 Å². The Morgan fingerprint density at radius 1 is 0.955 bits per heavy atom. The molecule has 0 fully saturated rings. The van der Waals surface area contributed by atoms with Gasteiger partial charge in [0, 0.05) is 11.1 Å². The molecule has 3 rings (SSSR count). The van der Waals surface area contributed by atoms with Gasteiger partial charge in [0.15, 0.2) is 0 Å². The lowest BCUT2D eigenvalue weighted by atomic mass is 10.1. The summed E-state index contributed by atoms with van der Waals surface area (Å²) in [6, 6.07) is 20.4. The van der Waals surface area contributed by atoms with Gasteiger partial charge < -0.3 is 10.7 Å². The third kappa shape index (κ3) is 3.21. The van der Waals surface area contributed by atoms with E-state index in [1.165, 1.54) is 0 Å². The normalized spacial score (nSPS) is 11.7. The summed E-state index contributed by atoms with van der Waals surface area (Å²) in [6.45, 7) is 2.07. The summed E-state index contributed by atoms with van der Waals surface area (Å²) in [5.74, 6) is 0.843. The second-order valence-corrected chi connectivity index (χ2v) is 5.09. The van der Waals surface area contributed by atoms with Crippen LogP contribution < -0.4 is 5.73 Å². The van der Waals surface area contributed by atoms with E-state index in [1.54, 1.807) is 0 Å². The number of hydrogen-bond acceptors (Lipinski definition) is 2. The number of halogens is 1. The number of nitrogens with one attached hydrogen (secondary N) is 1. The molecule has 0 unspecified atom stereocenters. The van der Waals surface area contributed by atoms with Crippen molar-refractivity contribution in [1.29, 1.82) is 0 Å². The van der Waals surface area contributed by atoms with Gasteiger partial charge in [-0.05, 0) is 6.42 Å². The molecule has 22 heavy (non-hydrogen) atoms. The van der Waals surface area contributed by atoms with E-state index in [-0.39, 0.29) is 18.4 Å². The maximum Gasteiger partial charge on any atom is 0.124 e. The summed E-state index contributed by atoms with van der Waals surface area (Å²) in [7, 11) is 0. The fourth-order valence-corrected chi connectivity index (χ4v) is 2.38. The molecule has 2 aromatic carbocycles. The third-order valence-corrected chi connectivity index (χ3v) is 3.62. The number of nitrogens with two attached hydrogens (primary N) is 1. The van der Waals surface area contributed by atoms with E-state index in [2.05, 4.69) is 36.2 Å². The lowest BCUT2D eigenvalue weighted by Crippen LogP contribution is -2.10. The first-order chi connectivity index (χ1) is 10.3. The highest BCUT2D eigenvalue weighted by Crippen LogP contribution is 2.31. The Balaban J connectivity index is 0.00000176. The van der Waals surface area contributed by atoms with Crippen LogP contribution in [0.4, 0.5) is 0 Å². The first-order valence-corrected chi connectivity index (χ1v) is 7.26. The number of hydrogen-bond donors (Lipinski definition) is 2. The van der Waals surface area contributed by atoms with Gasteiger partial charge >= 0.3 is 0 Å². The Labute approximate surface area is 137 Å². The number of benzene rings is 2. The highest BCUT2D eigenvalue weighted by Gasteiger charge is 2.16. The molecule has 3 N–H and O–H groups in total. The summed E-state index contributed by atoms with van der Waals surface area (Å²) in [5, 5.41) is 0. The van der Waals surface area contributed by atoms with E-state index in [0.717, 1.165) is 34.8 Å². The lowest BCUT2D eigenvalue weighted by molar-refractivity contribution is 0.659. The topological polar surface area (TPSA) is 54.7 Å². The van der Waals surface area contributed by atoms with Gasteiger partial charge in [0.25, 0.3) is 0 Å². The molecule has 114 valence electrons. The monoisotopic (exact) mass is 313 g/mol. The first kappa shape index (κ1) is 16.3. The predicted octanol–water partition coefficient (Wildman–Crippen LogP) is 4.58. The molecular weight excluding hydrogens is 294 g/mol. The second-order valence-electron chi connectivity index (χ2n) is 5.09. The van der Waals surface area contributed by atoms with Crippen molar-refractivity contribution in [3.8, 4) is 22.5 Å². The van der Waals surface area contributed by atoms with Crippen molar-refractivity contribution < 1.29 is 0 Å². The predicted molar refractivity (Wildman–Crippen MR) is 93.9 cm³/mol. The number of nitrogens with zero attached hydrogens (tertiary/aromatic N) is 1. The van der Waals surface area contributed by atoms with Crippen LogP contribution in [0.1, 0.15) is 25.2 Å². The van der Waals surface area contributed by atoms with E-state index in [9.17, 15) is 0 Å². The Kier molecular flexibility index (Phi) is 5.36. The Morgan fingerprint density at radius 3 is 2.05 bits per heavy atom. The zero-order chi connectivity index (χ0) is 14.7. The summed E-state index contributed by atoms with van der Waals surface area (Å²) in [5.41, 5.74) is 10.3. The van der Waals surface area contributed by atoms with Gasteiger partial charge in [-0.3, -0.25) is 0 Å². The Morgan fingerprint density at radius 2 is 1.50 bits per heavy atom. The van der Waals surface area contributed by atoms with Crippen LogP contribution in [-0.2, 0) is 0 Å². The first-order valence-electron chi connectivity index (χ1n) is 7.26. The van der Waals surface area contributed by atoms with Crippen LogP contribution in [0.25, 0.3) is 22.5 Å². The number of imidazole rings is 1. The summed E-state index contributed by atoms with van der Waals surface area (Å²) in [4.78, 5) is 8.16. The molecule has 1 heterocycles. The molecule has 3 nitrogen and oxygen atoms in total. The van der Waals surface area contributed by atoms with Crippen molar-refractivity contribution in [2.24, 2.45) is 5.73 Å². The maximum absolute atomic E-state index is 6.14. The standard InChI is InChI=1S/C18H19N3.ClH/c1-2-15(19)18-20-16(13-9-5-3-6-10-13)17(21-18)14-11-7-4-8-12-14;/h3-12,15H,2,19H2,1H3,(H,20,21);1H/t15-;/m0./s1. The van der Waals surface area contributed by atoms with E-state index in [1.807, 2.05) is 36.4 Å². The largest absolute Gasteiger partial charge is 0.340 e. The van der Waals surface area contributed by atoms with Gasteiger partial charge in [-0.25, -0.2) is 4.98 Å². The molecule has 1 aromatic heterocycles. The minimum absolute atomic E-state index is 0. The third-order valence-electron chi connectivity index (χ3n) is 3.62. The fourth-order valence-electron chi connectivity index (χ4n) is 2.38. The molecule has 0 bridgehead atoms. The molecule has 0 saturated carbocycles. The number of aromatic nitrogens is 2. The van der Waals surface area contributed by atoms with Gasteiger partial charge in [0.2, 0.25) is 0 Å². The second kappa shape index (κ2) is 7.25. The molecule has 0 spiro atoms. The van der Waals surface area contributed by atoms with Crippen molar-refractivity contribution in [2.45, 2.75) is 19.4 Å². The van der Waals surface area contributed by atoms with Crippen molar-refractivity contribution in [3.05, 3.63) is 66.5 Å². The molecule has 0 amide bonds. The molecular formula is C18H20ClN3. The molecule has 0 aliphatic heterocycles. The van der Waals surface area contributed by atoms with Gasteiger partial charge in [0.1, 0.15) is 5.82 Å². The van der Waals surface area contributed by atoms with E-state index in [4.69, 9.17) is 10.7 Å². The van der Waals surface area contributed by atoms with Gasteiger partial charge in [-0.15, -0.1) is 12.4 Å². The maximum atomic E-state index is 6.14. The number of H-pyrrole nitrogens is 1. The van der Waals surface area contributed by atoms with Gasteiger partial charge in [-0.2, -0.15) is 0 Å². The Bertz CT molecular complexity index is 651. The highest BCUT2D eigenvalue weighted by molar-refractivity contribution is 5.85. The summed E-state index contributed by atoms with van der Waals surface area (Å²) >= 11 is 0. The molecule has 0 radical (unpaired) electrons. The van der Waals surface area contributed by atoms with Crippen molar-refractivity contribution in [2.75, 3.05) is 0 Å². The van der Waals surface area contributed by atoms with E-state index < -0.39 is 0 Å². The van der Waals surface area contributed by atoms with Crippen LogP contribution in [0.2, 0.25) is 0 Å². The molecule has 3 aromatic rings. The molecule has 0 aliphatic carbocycles. The van der Waals surface area contributed by atoms with Crippen molar-refractivity contribution in [3.63, 3.8) is 0 Å². The van der Waals surface area contributed by atoms with Crippen molar-refractivity contribution >= 4 is 12.4 Å². The zero-order valence-corrected chi connectivity index (χ0v) is 13.3. The molecule has 4 heteroatoms. The number of rotatable bonds is 4.